The Morgan fingerprint density at radius 1 is 1.07 bits per heavy atom. The predicted molar refractivity (Wildman–Crippen MR) is 107 cm³/mol. The Morgan fingerprint density at radius 2 is 1.86 bits per heavy atom. The van der Waals surface area contributed by atoms with E-state index >= 15 is 0 Å². The minimum Gasteiger partial charge on any atom is -0.497 e. The lowest BCUT2D eigenvalue weighted by molar-refractivity contribution is -0.132. The van der Waals surface area contributed by atoms with Crippen LogP contribution in [0.4, 0.5) is 4.39 Å². The third kappa shape index (κ3) is 4.20. The number of rotatable bonds is 5. The standard InChI is InChI=1S/C23H27FN2O2/c1-28-18-9-7-17(8-10-18)16-25-11-4-12-26(14-13-25)23(27)21-15-20(21)19-5-2-3-6-22(19)24/h2-3,5-10,20-21H,4,11-16H2,1H3. The SMILES string of the molecule is COc1ccc(CN2CCCN(C(=O)C3CC3c3ccccc3F)CC2)cc1. The van der Waals surface area contributed by atoms with Gasteiger partial charge in [-0.2, -0.15) is 0 Å². The predicted octanol–water partition coefficient (Wildman–Crippen LogP) is 3.67. The number of carbonyl (C=O) groups excluding carboxylic acids is 1. The number of amides is 1. The zero-order chi connectivity index (χ0) is 19.5. The number of ether oxygens (including phenoxy) is 1. The Morgan fingerprint density at radius 3 is 2.61 bits per heavy atom. The highest BCUT2D eigenvalue weighted by molar-refractivity contribution is 5.83. The van der Waals surface area contributed by atoms with Crippen molar-refractivity contribution in [3.8, 4) is 5.75 Å². The van der Waals surface area contributed by atoms with Crippen LogP contribution in [0.1, 0.15) is 29.9 Å². The molecule has 1 amide bonds. The van der Waals surface area contributed by atoms with Crippen LogP contribution < -0.4 is 4.74 Å². The van der Waals surface area contributed by atoms with Gasteiger partial charge in [0.15, 0.2) is 0 Å². The van der Waals surface area contributed by atoms with Crippen LogP contribution in [0, 0.1) is 11.7 Å². The van der Waals surface area contributed by atoms with Crippen molar-refractivity contribution in [2.24, 2.45) is 5.92 Å². The molecule has 2 fully saturated rings. The molecule has 4 nitrogen and oxygen atoms in total. The van der Waals surface area contributed by atoms with E-state index in [1.807, 2.05) is 29.2 Å². The van der Waals surface area contributed by atoms with Gasteiger partial charge in [0.1, 0.15) is 11.6 Å². The van der Waals surface area contributed by atoms with Crippen LogP contribution in [0.25, 0.3) is 0 Å². The molecule has 148 valence electrons. The van der Waals surface area contributed by atoms with Gasteiger partial charge in [0.05, 0.1) is 7.11 Å². The van der Waals surface area contributed by atoms with Crippen molar-refractivity contribution in [3.63, 3.8) is 0 Å². The summed E-state index contributed by atoms with van der Waals surface area (Å²) in [4.78, 5) is 17.3. The summed E-state index contributed by atoms with van der Waals surface area (Å²) >= 11 is 0. The largest absolute Gasteiger partial charge is 0.497 e. The maximum absolute atomic E-state index is 14.0. The Bertz CT molecular complexity index is 824. The summed E-state index contributed by atoms with van der Waals surface area (Å²) < 4.78 is 19.2. The van der Waals surface area contributed by atoms with Crippen molar-refractivity contribution in [1.29, 1.82) is 0 Å². The Balaban J connectivity index is 1.31. The zero-order valence-electron chi connectivity index (χ0n) is 16.3. The monoisotopic (exact) mass is 382 g/mol. The molecular weight excluding hydrogens is 355 g/mol. The van der Waals surface area contributed by atoms with Gasteiger partial charge >= 0.3 is 0 Å². The average Bonchev–Trinajstić information content (AvgIpc) is 3.53. The highest BCUT2D eigenvalue weighted by Crippen LogP contribution is 2.49. The van der Waals surface area contributed by atoms with Gasteiger partial charge < -0.3 is 9.64 Å². The molecule has 0 bridgehead atoms. The van der Waals surface area contributed by atoms with Crippen molar-refractivity contribution < 1.29 is 13.9 Å². The molecule has 4 rings (SSSR count). The van der Waals surface area contributed by atoms with E-state index < -0.39 is 0 Å². The van der Waals surface area contributed by atoms with E-state index in [0.717, 1.165) is 51.3 Å². The molecule has 2 aliphatic rings. The maximum atomic E-state index is 14.0. The number of methoxy groups -OCH3 is 1. The smallest absolute Gasteiger partial charge is 0.226 e. The average molecular weight is 382 g/mol. The van der Waals surface area contributed by atoms with Gasteiger partial charge in [-0.25, -0.2) is 4.39 Å². The second kappa shape index (κ2) is 8.31. The van der Waals surface area contributed by atoms with Gasteiger partial charge in [-0.3, -0.25) is 9.69 Å². The first-order valence-corrected chi connectivity index (χ1v) is 10.0. The zero-order valence-corrected chi connectivity index (χ0v) is 16.3. The molecule has 2 unspecified atom stereocenters. The second-order valence-electron chi connectivity index (χ2n) is 7.77. The van der Waals surface area contributed by atoms with Crippen LogP contribution in [0.2, 0.25) is 0 Å². The van der Waals surface area contributed by atoms with Crippen molar-refractivity contribution in [2.75, 3.05) is 33.3 Å². The van der Waals surface area contributed by atoms with Crippen molar-refractivity contribution in [1.82, 2.24) is 9.80 Å². The van der Waals surface area contributed by atoms with E-state index in [9.17, 15) is 9.18 Å². The van der Waals surface area contributed by atoms with Crippen LogP contribution in [-0.4, -0.2) is 49.0 Å². The molecule has 28 heavy (non-hydrogen) atoms. The molecule has 0 aromatic heterocycles. The molecular formula is C23H27FN2O2. The lowest BCUT2D eigenvalue weighted by atomic mass is 10.1. The second-order valence-corrected chi connectivity index (χ2v) is 7.77. The lowest BCUT2D eigenvalue weighted by Gasteiger charge is -2.22. The summed E-state index contributed by atoms with van der Waals surface area (Å²) in [7, 11) is 1.67. The van der Waals surface area contributed by atoms with Gasteiger partial charge in [0, 0.05) is 38.6 Å². The molecule has 1 saturated heterocycles. The summed E-state index contributed by atoms with van der Waals surface area (Å²) in [6, 6.07) is 15.0. The quantitative estimate of drug-likeness (QED) is 0.791. The lowest BCUT2D eigenvalue weighted by Crippen LogP contribution is -2.36. The topological polar surface area (TPSA) is 32.8 Å². The molecule has 1 saturated carbocycles. The van der Waals surface area contributed by atoms with Gasteiger partial charge in [0.25, 0.3) is 0 Å². The Labute approximate surface area is 165 Å². The summed E-state index contributed by atoms with van der Waals surface area (Å²) in [6.07, 6.45) is 1.74. The van der Waals surface area contributed by atoms with Crippen molar-refractivity contribution in [2.45, 2.75) is 25.3 Å². The molecule has 1 heterocycles. The van der Waals surface area contributed by atoms with Crippen LogP contribution in [0.5, 0.6) is 5.75 Å². The number of carbonyl (C=O) groups is 1. The highest BCUT2D eigenvalue weighted by Gasteiger charge is 2.46. The van der Waals surface area contributed by atoms with E-state index in [-0.39, 0.29) is 23.6 Å². The number of hydrogen-bond donors (Lipinski definition) is 0. The third-order valence-electron chi connectivity index (χ3n) is 5.88. The molecule has 1 aliphatic carbocycles. The summed E-state index contributed by atoms with van der Waals surface area (Å²) in [5.41, 5.74) is 1.94. The van der Waals surface area contributed by atoms with E-state index in [1.54, 1.807) is 13.2 Å². The van der Waals surface area contributed by atoms with Crippen LogP contribution in [0.15, 0.2) is 48.5 Å². The molecule has 0 radical (unpaired) electrons. The van der Waals surface area contributed by atoms with Crippen LogP contribution in [-0.2, 0) is 11.3 Å². The fourth-order valence-electron chi connectivity index (χ4n) is 4.16. The fraction of sp³-hybridized carbons (Fsp3) is 0.435. The molecule has 0 N–H and O–H groups in total. The normalized spacial score (nSPS) is 22.6. The minimum atomic E-state index is -0.190. The van der Waals surface area contributed by atoms with E-state index in [0.29, 0.717) is 5.56 Å². The maximum Gasteiger partial charge on any atom is 0.226 e. The number of nitrogens with zero attached hydrogens (tertiary/aromatic N) is 2. The molecule has 2 aromatic carbocycles. The molecule has 2 atom stereocenters. The number of hydrogen-bond acceptors (Lipinski definition) is 3. The van der Waals surface area contributed by atoms with Crippen LogP contribution in [0.3, 0.4) is 0 Å². The minimum absolute atomic E-state index is 0.0485. The molecule has 0 spiro atoms. The number of halogens is 1. The summed E-state index contributed by atoms with van der Waals surface area (Å²) in [5, 5.41) is 0. The van der Waals surface area contributed by atoms with Gasteiger partial charge in [0.2, 0.25) is 5.91 Å². The Hall–Kier alpha value is -2.40. The fourth-order valence-corrected chi connectivity index (χ4v) is 4.16. The van der Waals surface area contributed by atoms with Gasteiger partial charge in [-0.15, -0.1) is 0 Å². The van der Waals surface area contributed by atoms with E-state index in [1.165, 1.54) is 11.6 Å². The molecule has 5 heteroatoms. The van der Waals surface area contributed by atoms with E-state index in [2.05, 4.69) is 17.0 Å². The van der Waals surface area contributed by atoms with Gasteiger partial charge in [-0.1, -0.05) is 30.3 Å². The van der Waals surface area contributed by atoms with Crippen LogP contribution >= 0.6 is 0 Å². The summed E-state index contributed by atoms with van der Waals surface area (Å²) in [6.45, 7) is 4.27. The first kappa shape index (κ1) is 18.9. The summed E-state index contributed by atoms with van der Waals surface area (Å²) in [5.74, 6) is 0.867. The first-order valence-electron chi connectivity index (χ1n) is 10.0. The van der Waals surface area contributed by atoms with Crippen molar-refractivity contribution in [3.05, 3.63) is 65.5 Å². The molecule has 1 aliphatic heterocycles. The third-order valence-corrected chi connectivity index (χ3v) is 5.88. The first-order chi connectivity index (χ1) is 13.7. The molecule has 2 aromatic rings. The van der Waals surface area contributed by atoms with E-state index in [4.69, 9.17) is 4.74 Å². The number of benzene rings is 2. The highest BCUT2D eigenvalue weighted by atomic mass is 19.1. The van der Waals surface area contributed by atoms with Gasteiger partial charge in [-0.05, 0) is 48.1 Å². The van der Waals surface area contributed by atoms with Crippen molar-refractivity contribution >= 4 is 5.91 Å². The Kier molecular flexibility index (Phi) is 5.62.